The molecule has 1 fully saturated rings. The van der Waals surface area contributed by atoms with Crippen molar-refractivity contribution in [1.82, 2.24) is 10.2 Å². The zero-order valence-electron chi connectivity index (χ0n) is 19.0. The maximum atomic E-state index is 13.3. The number of rotatable bonds is 7. The van der Waals surface area contributed by atoms with Gasteiger partial charge in [-0.3, -0.25) is 4.79 Å². The Morgan fingerprint density at radius 1 is 1.09 bits per heavy atom. The highest BCUT2D eigenvalue weighted by Gasteiger charge is 2.44. The first-order valence-electron chi connectivity index (χ1n) is 11.5. The fourth-order valence-corrected chi connectivity index (χ4v) is 5.17. The third kappa shape index (κ3) is 4.32. The Kier molecular flexibility index (Phi) is 6.40. The highest BCUT2D eigenvalue weighted by atomic mass is 16.5. The first kappa shape index (κ1) is 22.8. The molecule has 2 aliphatic rings. The molecule has 2 aromatic carbocycles. The predicted molar refractivity (Wildman–Crippen MR) is 124 cm³/mol. The Bertz CT molecular complexity index is 1020. The number of carbonyl (C=O) groups is 3. The summed E-state index contributed by atoms with van der Waals surface area (Å²) >= 11 is 0. The Hall–Kier alpha value is -3.35. The molecule has 1 aliphatic carbocycles. The molecule has 2 aromatic rings. The van der Waals surface area contributed by atoms with Crippen LogP contribution in [0.5, 0.6) is 0 Å². The number of likely N-dealkylation sites (tertiary alicyclic amines) is 1. The minimum atomic E-state index is -1.23. The van der Waals surface area contributed by atoms with E-state index in [1.54, 1.807) is 6.92 Å². The maximum Gasteiger partial charge on any atom is 0.408 e. The van der Waals surface area contributed by atoms with Crippen molar-refractivity contribution in [3.8, 4) is 11.1 Å². The smallest absolute Gasteiger partial charge is 0.408 e. The zero-order chi connectivity index (χ0) is 23.6. The summed E-state index contributed by atoms with van der Waals surface area (Å²) in [5.41, 5.74) is 3.28. The van der Waals surface area contributed by atoms with Gasteiger partial charge in [0.25, 0.3) is 0 Å². The number of nitrogens with zero attached hydrogens (tertiary/aromatic N) is 1. The number of amides is 2. The van der Waals surface area contributed by atoms with Gasteiger partial charge >= 0.3 is 12.1 Å². The molecule has 0 aromatic heterocycles. The van der Waals surface area contributed by atoms with Crippen LogP contribution in [0, 0.1) is 0 Å². The molecule has 2 N–H and O–H groups in total. The molecular weight excluding hydrogens is 420 g/mol. The van der Waals surface area contributed by atoms with Crippen LogP contribution in [0.2, 0.25) is 0 Å². The number of aliphatic carboxylic acids is 1. The van der Waals surface area contributed by atoms with E-state index in [0.717, 1.165) is 22.3 Å². The van der Waals surface area contributed by atoms with Crippen LogP contribution in [0.25, 0.3) is 11.1 Å². The van der Waals surface area contributed by atoms with Crippen LogP contribution in [0.1, 0.15) is 56.6 Å². The van der Waals surface area contributed by atoms with Crippen molar-refractivity contribution in [2.24, 2.45) is 0 Å². The second kappa shape index (κ2) is 9.25. The summed E-state index contributed by atoms with van der Waals surface area (Å²) in [6, 6.07) is 15.3. The van der Waals surface area contributed by atoms with Gasteiger partial charge in [0, 0.05) is 12.5 Å². The highest BCUT2D eigenvalue weighted by Crippen LogP contribution is 2.44. The van der Waals surface area contributed by atoms with E-state index in [4.69, 9.17) is 4.74 Å². The average molecular weight is 451 g/mol. The number of carbonyl (C=O) groups excluding carboxylic acids is 2. The van der Waals surface area contributed by atoms with Gasteiger partial charge in [-0.2, -0.15) is 0 Å². The quantitative estimate of drug-likeness (QED) is 0.660. The first-order valence-corrected chi connectivity index (χ1v) is 11.5. The molecule has 1 saturated heterocycles. The number of carboxylic acid groups (broad SMARTS) is 1. The number of carboxylic acids is 1. The Morgan fingerprint density at radius 2 is 1.70 bits per heavy atom. The molecule has 1 aliphatic heterocycles. The largest absolute Gasteiger partial charge is 0.480 e. The minimum Gasteiger partial charge on any atom is -0.480 e. The number of fused-ring (bicyclic) bond motifs is 3. The van der Waals surface area contributed by atoms with Gasteiger partial charge in [-0.1, -0.05) is 61.9 Å². The lowest BCUT2D eigenvalue weighted by atomic mass is 9.94. The number of nitrogens with one attached hydrogen (secondary N) is 1. The van der Waals surface area contributed by atoms with Gasteiger partial charge in [0.1, 0.15) is 18.2 Å². The summed E-state index contributed by atoms with van der Waals surface area (Å²) < 4.78 is 5.63. The number of hydrogen-bond donors (Lipinski definition) is 2. The predicted octanol–water partition coefficient (Wildman–Crippen LogP) is 4.16. The molecule has 0 spiro atoms. The van der Waals surface area contributed by atoms with Gasteiger partial charge < -0.3 is 20.1 Å². The van der Waals surface area contributed by atoms with Gasteiger partial charge in [0.05, 0.1) is 0 Å². The van der Waals surface area contributed by atoms with Crippen molar-refractivity contribution in [2.75, 3.05) is 13.2 Å². The lowest BCUT2D eigenvalue weighted by molar-refractivity contribution is -0.150. The Balaban J connectivity index is 1.47. The van der Waals surface area contributed by atoms with E-state index < -0.39 is 23.6 Å². The highest BCUT2D eigenvalue weighted by molar-refractivity contribution is 5.93. The van der Waals surface area contributed by atoms with Crippen LogP contribution in [0.15, 0.2) is 48.5 Å². The first-order chi connectivity index (χ1) is 15.9. The van der Waals surface area contributed by atoms with Crippen LogP contribution in [-0.4, -0.2) is 52.7 Å². The summed E-state index contributed by atoms with van der Waals surface area (Å²) in [4.78, 5) is 39.1. The molecule has 2 atom stereocenters. The zero-order valence-corrected chi connectivity index (χ0v) is 19.0. The molecule has 7 heteroatoms. The second-order valence-corrected chi connectivity index (χ2v) is 9.03. The molecule has 1 unspecified atom stereocenters. The Labute approximate surface area is 193 Å². The number of alkyl carbamates (subject to hydrolysis) is 1. The third-order valence-electron chi connectivity index (χ3n) is 6.74. The second-order valence-electron chi connectivity index (χ2n) is 9.03. The fourth-order valence-electron chi connectivity index (χ4n) is 5.17. The summed E-state index contributed by atoms with van der Waals surface area (Å²) in [5.74, 6) is -1.46. The van der Waals surface area contributed by atoms with E-state index in [2.05, 4.69) is 17.4 Å². The van der Waals surface area contributed by atoms with E-state index in [9.17, 15) is 19.5 Å². The molecule has 1 heterocycles. The van der Waals surface area contributed by atoms with Gasteiger partial charge in [-0.05, 0) is 48.4 Å². The standard InChI is InChI=1S/C26H30N2O5/c1-3-14-26(2,24(31)28-15-8-13-22(28)23(29)30)27-25(32)33-16-21-19-11-6-4-9-17(19)18-10-5-7-12-20(18)21/h4-7,9-12,21-22H,3,8,13-16H2,1-2H3,(H,27,32)(H,29,30)/t22-,26?/m0/s1. The molecule has 4 rings (SSSR count). The molecule has 174 valence electrons. The SMILES string of the molecule is CCCC(C)(NC(=O)OCC1c2ccccc2-c2ccccc21)C(=O)N1CCC[C@H]1C(=O)O. The number of ether oxygens (including phenoxy) is 1. The van der Waals surface area contributed by atoms with Crippen LogP contribution >= 0.6 is 0 Å². The van der Waals surface area contributed by atoms with Crippen molar-refractivity contribution in [3.05, 3.63) is 59.7 Å². The fraction of sp³-hybridized carbons (Fsp3) is 0.423. The number of hydrogen-bond acceptors (Lipinski definition) is 4. The van der Waals surface area contributed by atoms with E-state index >= 15 is 0 Å². The van der Waals surface area contributed by atoms with Crippen molar-refractivity contribution in [3.63, 3.8) is 0 Å². The number of benzene rings is 2. The molecular formula is C26H30N2O5. The summed E-state index contributed by atoms with van der Waals surface area (Å²) in [5, 5.41) is 12.2. The third-order valence-corrected chi connectivity index (χ3v) is 6.74. The van der Waals surface area contributed by atoms with Crippen molar-refractivity contribution < 1.29 is 24.2 Å². The minimum absolute atomic E-state index is 0.0775. The van der Waals surface area contributed by atoms with Crippen LogP contribution in [0.4, 0.5) is 4.79 Å². The topological polar surface area (TPSA) is 95.9 Å². The average Bonchev–Trinajstić information content (AvgIpc) is 3.41. The van der Waals surface area contributed by atoms with Crippen molar-refractivity contribution >= 4 is 18.0 Å². The van der Waals surface area contributed by atoms with Gasteiger partial charge in [-0.15, -0.1) is 0 Å². The molecule has 0 saturated carbocycles. The van der Waals surface area contributed by atoms with Crippen LogP contribution in [0.3, 0.4) is 0 Å². The molecule has 0 radical (unpaired) electrons. The molecule has 33 heavy (non-hydrogen) atoms. The van der Waals surface area contributed by atoms with Crippen molar-refractivity contribution in [2.45, 2.75) is 57.0 Å². The lowest BCUT2D eigenvalue weighted by Crippen LogP contribution is -2.59. The summed E-state index contributed by atoms with van der Waals surface area (Å²) in [6.07, 6.45) is 1.42. The van der Waals surface area contributed by atoms with Gasteiger partial charge in [0.2, 0.25) is 5.91 Å². The van der Waals surface area contributed by atoms with Crippen LogP contribution in [-0.2, 0) is 14.3 Å². The van der Waals surface area contributed by atoms with Gasteiger partial charge in [0.15, 0.2) is 0 Å². The Morgan fingerprint density at radius 3 is 2.27 bits per heavy atom. The van der Waals surface area contributed by atoms with E-state index in [1.807, 2.05) is 43.3 Å². The molecule has 7 nitrogen and oxygen atoms in total. The monoisotopic (exact) mass is 450 g/mol. The molecule has 2 amide bonds. The van der Waals surface area contributed by atoms with Crippen molar-refractivity contribution in [1.29, 1.82) is 0 Å². The van der Waals surface area contributed by atoms with Crippen LogP contribution < -0.4 is 5.32 Å². The maximum absolute atomic E-state index is 13.3. The van der Waals surface area contributed by atoms with Gasteiger partial charge in [-0.25, -0.2) is 9.59 Å². The normalized spacial score (nSPS) is 18.8. The molecule has 0 bridgehead atoms. The van der Waals surface area contributed by atoms with E-state index in [-0.39, 0.29) is 18.4 Å². The lowest BCUT2D eigenvalue weighted by Gasteiger charge is -2.34. The van der Waals surface area contributed by atoms with E-state index in [1.165, 1.54) is 4.90 Å². The summed E-state index contributed by atoms with van der Waals surface area (Å²) in [6.45, 7) is 4.10. The van der Waals surface area contributed by atoms with E-state index in [0.29, 0.717) is 32.2 Å². The summed E-state index contributed by atoms with van der Waals surface area (Å²) in [7, 11) is 0.